The van der Waals surface area contributed by atoms with E-state index in [4.69, 9.17) is 21.1 Å². The van der Waals surface area contributed by atoms with Crippen LogP contribution in [0.5, 0.6) is 5.75 Å². The zero-order valence-corrected chi connectivity index (χ0v) is 15.9. The van der Waals surface area contributed by atoms with Gasteiger partial charge in [-0.05, 0) is 31.4 Å². The molecule has 0 radical (unpaired) electrons. The number of alkyl halides is 2. The molecule has 1 saturated heterocycles. The van der Waals surface area contributed by atoms with Crippen LogP contribution < -0.4 is 10.1 Å². The summed E-state index contributed by atoms with van der Waals surface area (Å²) in [4.78, 5) is 8.47. The van der Waals surface area contributed by atoms with E-state index in [9.17, 15) is 8.78 Å². The van der Waals surface area contributed by atoms with Gasteiger partial charge in [0, 0.05) is 12.7 Å². The fourth-order valence-electron chi connectivity index (χ4n) is 3.40. The first-order chi connectivity index (χ1) is 13.6. The Hall–Kier alpha value is -2.45. The van der Waals surface area contributed by atoms with Crippen molar-refractivity contribution in [3.8, 4) is 5.75 Å². The highest BCUT2D eigenvalue weighted by Crippen LogP contribution is 2.37. The van der Waals surface area contributed by atoms with Crippen molar-refractivity contribution in [2.24, 2.45) is 0 Å². The van der Waals surface area contributed by atoms with Crippen LogP contribution in [0.3, 0.4) is 0 Å². The molecule has 1 aliphatic heterocycles. The van der Waals surface area contributed by atoms with E-state index in [0.29, 0.717) is 35.7 Å². The van der Waals surface area contributed by atoms with Gasteiger partial charge in [-0.25, -0.2) is 18.7 Å². The molecule has 1 atom stereocenters. The van der Waals surface area contributed by atoms with Crippen molar-refractivity contribution in [1.82, 2.24) is 14.5 Å². The third-order valence-corrected chi connectivity index (χ3v) is 4.85. The molecule has 0 amide bonds. The van der Waals surface area contributed by atoms with Gasteiger partial charge in [-0.15, -0.1) is 0 Å². The molecule has 6 nitrogen and oxygen atoms in total. The largest absolute Gasteiger partial charge is 0.495 e. The first-order valence-electron chi connectivity index (χ1n) is 8.96. The molecule has 3 aromatic rings. The Labute approximate surface area is 165 Å². The van der Waals surface area contributed by atoms with Gasteiger partial charge < -0.3 is 14.8 Å². The topological polar surface area (TPSA) is 61.2 Å². The van der Waals surface area contributed by atoms with Gasteiger partial charge >= 0.3 is 0 Å². The lowest BCUT2D eigenvalue weighted by Gasteiger charge is -2.25. The van der Waals surface area contributed by atoms with E-state index in [-0.39, 0.29) is 16.6 Å². The van der Waals surface area contributed by atoms with E-state index in [1.54, 1.807) is 19.2 Å². The molecular formula is C19H19ClF2N4O2. The lowest BCUT2D eigenvalue weighted by Crippen LogP contribution is -2.20. The fraction of sp³-hybridized carbons (Fsp3) is 0.368. The van der Waals surface area contributed by atoms with E-state index in [1.807, 2.05) is 18.2 Å². The van der Waals surface area contributed by atoms with Crippen LogP contribution in [-0.4, -0.2) is 28.3 Å². The summed E-state index contributed by atoms with van der Waals surface area (Å²) in [5.41, 5.74) is 1.71. The lowest BCUT2D eigenvalue weighted by atomic mass is 10.2. The van der Waals surface area contributed by atoms with Gasteiger partial charge in [0.2, 0.25) is 0 Å². The molecule has 0 aliphatic carbocycles. The highest BCUT2D eigenvalue weighted by atomic mass is 35.5. The van der Waals surface area contributed by atoms with E-state index in [1.165, 1.54) is 4.57 Å². The van der Waals surface area contributed by atoms with Crippen molar-refractivity contribution in [2.75, 3.05) is 19.0 Å². The zero-order valence-electron chi connectivity index (χ0n) is 15.2. The molecule has 2 aromatic heterocycles. The second-order valence-electron chi connectivity index (χ2n) is 6.45. The maximum Gasteiger partial charge on any atom is 0.295 e. The minimum atomic E-state index is -2.77. The van der Waals surface area contributed by atoms with Gasteiger partial charge in [0.25, 0.3) is 6.43 Å². The number of methoxy groups -OCH3 is 1. The number of para-hydroxylation sites is 2. The highest BCUT2D eigenvalue weighted by Gasteiger charge is 2.28. The van der Waals surface area contributed by atoms with Gasteiger partial charge in [-0.2, -0.15) is 0 Å². The summed E-state index contributed by atoms with van der Waals surface area (Å²) in [6, 6.07) is 8.84. The molecular weight excluding hydrogens is 390 g/mol. The molecule has 1 N–H and O–H groups in total. The minimum absolute atomic E-state index is 0.169. The monoisotopic (exact) mass is 408 g/mol. The van der Waals surface area contributed by atoms with Crippen LogP contribution in [0.25, 0.3) is 11.2 Å². The number of hydrogen-bond donors (Lipinski definition) is 1. The maximum absolute atomic E-state index is 13.8. The molecule has 1 fully saturated rings. The number of ether oxygens (including phenoxy) is 2. The Morgan fingerprint density at radius 3 is 2.79 bits per heavy atom. The second-order valence-corrected chi connectivity index (χ2v) is 6.84. The van der Waals surface area contributed by atoms with Crippen molar-refractivity contribution in [2.45, 2.75) is 31.9 Å². The highest BCUT2D eigenvalue weighted by molar-refractivity contribution is 6.30. The van der Waals surface area contributed by atoms with Crippen molar-refractivity contribution in [1.29, 1.82) is 0 Å². The summed E-state index contributed by atoms with van der Waals surface area (Å²) < 4.78 is 40.0. The molecule has 1 aliphatic rings. The number of imidazole rings is 1. The van der Waals surface area contributed by atoms with Gasteiger partial charge in [0.05, 0.1) is 18.5 Å². The summed E-state index contributed by atoms with van der Waals surface area (Å²) in [5, 5.41) is 3.35. The van der Waals surface area contributed by atoms with Crippen LogP contribution in [-0.2, 0) is 4.74 Å². The molecule has 3 heterocycles. The zero-order chi connectivity index (χ0) is 19.7. The van der Waals surface area contributed by atoms with Crippen LogP contribution in [0.15, 0.2) is 30.3 Å². The van der Waals surface area contributed by atoms with E-state index < -0.39 is 12.7 Å². The predicted octanol–water partition coefficient (Wildman–Crippen LogP) is 5.47. The number of halogens is 3. The number of aromatic nitrogens is 3. The molecule has 0 saturated carbocycles. The van der Waals surface area contributed by atoms with Crippen molar-refractivity contribution >= 4 is 34.1 Å². The summed E-state index contributed by atoms with van der Waals surface area (Å²) in [6.45, 7) is 0.514. The average molecular weight is 409 g/mol. The van der Waals surface area contributed by atoms with Gasteiger partial charge in [0.15, 0.2) is 11.5 Å². The standard InChI is InChI=1S/C19H19ClF2N4O2/c1-27-13-7-3-2-6-11(13)23-12-10-14(20)24-18-16(12)25-19(17(21)22)26(18)15-8-4-5-9-28-15/h2-3,6-7,10,15,17H,4-5,8-9H2,1H3,(H,23,24). The first-order valence-corrected chi connectivity index (χ1v) is 9.34. The molecule has 0 bridgehead atoms. The molecule has 9 heteroatoms. The van der Waals surface area contributed by atoms with Gasteiger partial charge in [0.1, 0.15) is 22.6 Å². The third-order valence-electron chi connectivity index (χ3n) is 4.66. The fourth-order valence-corrected chi connectivity index (χ4v) is 3.59. The molecule has 0 spiro atoms. The number of nitrogens with one attached hydrogen (secondary N) is 1. The SMILES string of the molecule is COc1ccccc1Nc1cc(Cl)nc2c1nc(C(F)F)n2C1CCCCO1. The normalized spacial score (nSPS) is 17.2. The Bertz CT molecular complexity index is 989. The van der Waals surface area contributed by atoms with Crippen molar-refractivity contribution in [3.63, 3.8) is 0 Å². The number of benzene rings is 1. The molecule has 1 aromatic carbocycles. The van der Waals surface area contributed by atoms with Gasteiger partial charge in [-0.1, -0.05) is 23.7 Å². The second kappa shape index (κ2) is 7.89. The number of rotatable bonds is 5. The van der Waals surface area contributed by atoms with Crippen LogP contribution >= 0.6 is 11.6 Å². The van der Waals surface area contributed by atoms with Crippen molar-refractivity contribution in [3.05, 3.63) is 41.3 Å². The Morgan fingerprint density at radius 1 is 1.25 bits per heavy atom. The summed E-state index contributed by atoms with van der Waals surface area (Å²) in [6.07, 6.45) is -0.887. The number of pyridine rings is 1. The van der Waals surface area contributed by atoms with Crippen LogP contribution in [0.4, 0.5) is 20.2 Å². The van der Waals surface area contributed by atoms with E-state index in [2.05, 4.69) is 15.3 Å². The summed E-state index contributed by atoms with van der Waals surface area (Å²) >= 11 is 6.21. The van der Waals surface area contributed by atoms with E-state index in [0.717, 1.165) is 12.8 Å². The number of anilines is 2. The third kappa shape index (κ3) is 3.49. The summed E-state index contributed by atoms with van der Waals surface area (Å²) in [7, 11) is 1.56. The molecule has 4 rings (SSSR count). The molecule has 1 unspecified atom stereocenters. The van der Waals surface area contributed by atoms with Crippen molar-refractivity contribution < 1.29 is 18.3 Å². The minimum Gasteiger partial charge on any atom is -0.495 e. The van der Waals surface area contributed by atoms with Crippen LogP contribution in [0.2, 0.25) is 5.15 Å². The van der Waals surface area contributed by atoms with E-state index >= 15 is 0 Å². The quantitative estimate of drug-likeness (QED) is 0.567. The summed E-state index contributed by atoms with van der Waals surface area (Å²) in [5.74, 6) is 0.229. The number of nitrogens with zero attached hydrogens (tertiary/aromatic N) is 3. The molecule has 28 heavy (non-hydrogen) atoms. The molecule has 148 valence electrons. The number of hydrogen-bond acceptors (Lipinski definition) is 5. The Morgan fingerprint density at radius 2 is 2.07 bits per heavy atom. The number of fused-ring (bicyclic) bond motifs is 1. The smallest absolute Gasteiger partial charge is 0.295 e. The van der Waals surface area contributed by atoms with Crippen LogP contribution in [0.1, 0.15) is 37.7 Å². The predicted molar refractivity (Wildman–Crippen MR) is 103 cm³/mol. The first kappa shape index (κ1) is 18.9. The Balaban J connectivity index is 1.86. The lowest BCUT2D eigenvalue weighted by molar-refractivity contribution is -0.0363. The average Bonchev–Trinajstić information content (AvgIpc) is 3.09. The van der Waals surface area contributed by atoms with Crippen LogP contribution in [0, 0.1) is 0 Å². The Kier molecular flexibility index (Phi) is 5.32. The maximum atomic E-state index is 13.8. The van der Waals surface area contributed by atoms with Gasteiger partial charge in [-0.3, -0.25) is 4.57 Å².